The van der Waals surface area contributed by atoms with Crippen molar-refractivity contribution in [1.82, 2.24) is 0 Å². The molecule has 0 aromatic heterocycles. The van der Waals surface area contributed by atoms with Gasteiger partial charge in [-0.15, -0.1) is 0 Å². The summed E-state index contributed by atoms with van der Waals surface area (Å²) in [5.41, 5.74) is -1.64. The zero-order chi connectivity index (χ0) is 54.3. The van der Waals surface area contributed by atoms with Crippen LogP contribution in [0.3, 0.4) is 0 Å². The van der Waals surface area contributed by atoms with Crippen molar-refractivity contribution in [2.45, 2.75) is 236 Å². The van der Waals surface area contributed by atoms with Crippen molar-refractivity contribution < 1.29 is 42.9 Å². The Balaban J connectivity index is 6.06. The zero-order valence-corrected chi connectivity index (χ0v) is 52.2. The molecule has 73 heavy (non-hydrogen) atoms. The smallest absolute Gasteiger partial charge is 0.309 e. The van der Waals surface area contributed by atoms with E-state index in [0.717, 1.165) is 48.7 Å². The molecule has 0 aliphatic carbocycles. The Labute approximate surface area is 467 Å². The van der Waals surface area contributed by atoms with Crippen LogP contribution in [0.4, 0.5) is 0 Å². The molecule has 0 spiro atoms. The molecule has 0 heterocycles. The molecule has 13 heteroatoms. The molecule has 0 N–H and O–H groups in total. The summed E-state index contributed by atoms with van der Waals surface area (Å²) in [7, 11) is 0. The van der Waals surface area contributed by atoms with Gasteiger partial charge < -0.3 is 23.7 Å². The van der Waals surface area contributed by atoms with Crippen molar-refractivity contribution >= 4 is 70.9 Å². The van der Waals surface area contributed by atoms with Crippen LogP contribution in [0.5, 0.6) is 0 Å². The molecule has 0 rings (SSSR count). The van der Waals surface area contributed by atoms with Crippen LogP contribution in [-0.2, 0) is 42.9 Å². The average Bonchev–Trinajstić information content (AvgIpc) is 3.39. The lowest BCUT2D eigenvalue weighted by Gasteiger charge is -2.36. The van der Waals surface area contributed by atoms with Gasteiger partial charge in [0, 0.05) is 23.0 Å². The van der Waals surface area contributed by atoms with Crippen molar-refractivity contribution in [3.63, 3.8) is 0 Å². The highest BCUT2D eigenvalue weighted by Gasteiger charge is 2.38. The van der Waals surface area contributed by atoms with E-state index in [4.69, 9.17) is 23.7 Å². The number of hydrogen-bond acceptors (Lipinski definition) is 13. The maximum absolute atomic E-state index is 13.5. The quantitative estimate of drug-likeness (QED) is 0.0327. The minimum absolute atomic E-state index is 0.0359. The molecule has 0 aromatic rings. The Hall–Kier alpha value is -0.760. The number of ether oxygens (including phenoxy) is 5. The molecule has 0 bridgehead atoms. The molecule has 0 aliphatic rings. The fourth-order valence-electron chi connectivity index (χ4n) is 8.06. The molecule has 0 amide bonds. The lowest BCUT2D eigenvalue weighted by molar-refractivity contribution is -0.167. The number of rotatable bonds is 54. The Bertz CT molecular complexity index is 1140. The van der Waals surface area contributed by atoms with E-state index in [1.807, 2.05) is 41.5 Å². The molecular weight excluding hydrogens is 993 g/mol. The third kappa shape index (κ3) is 39.3. The molecule has 0 aromatic carbocycles. The minimum Gasteiger partial charge on any atom is -0.465 e. The van der Waals surface area contributed by atoms with Gasteiger partial charge in [-0.25, -0.2) is 0 Å². The molecule has 0 saturated carbocycles. The molecule has 0 radical (unpaired) electrons. The SMILES string of the molecule is CCCCCCCCSCC(C)C(=O)OCC(CC)(COCC(CC)(COC(=O)C(C)CSCCCCCCCC)COC(=O)C(C)CSCCCCCCCC)COC(=O)C(C)CSCCCCCCCC. The molecule has 0 saturated heterocycles. The van der Waals surface area contributed by atoms with Crippen LogP contribution < -0.4 is 0 Å². The Kier molecular flexibility index (Phi) is 49.0. The molecule has 0 aliphatic heterocycles. The normalized spacial score (nSPS) is 14.9. The van der Waals surface area contributed by atoms with E-state index < -0.39 is 10.8 Å². The van der Waals surface area contributed by atoms with Crippen LogP contribution in [0.2, 0.25) is 0 Å². The lowest BCUT2D eigenvalue weighted by atomic mass is 9.86. The Morgan fingerprint density at radius 1 is 0.315 bits per heavy atom. The van der Waals surface area contributed by atoms with Crippen LogP contribution in [0, 0.1) is 34.5 Å². The predicted molar refractivity (Wildman–Crippen MR) is 320 cm³/mol. The van der Waals surface area contributed by atoms with Crippen LogP contribution in [0.1, 0.15) is 236 Å². The lowest BCUT2D eigenvalue weighted by Crippen LogP contribution is -2.43. The number of carbonyl (C=O) groups is 4. The van der Waals surface area contributed by atoms with Crippen molar-refractivity contribution in [1.29, 1.82) is 0 Å². The van der Waals surface area contributed by atoms with E-state index in [1.54, 1.807) is 47.0 Å². The maximum atomic E-state index is 13.5. The van der Waals surface area contributed by atoms with Gasteiger partial charge in [-0.3, -0.25) is 19.2 Å². The fourth-order valence-corrected chi connectivity index (χ4v) is 12.3. The largest absolute Gasteiger partial charge is 0.465 e. The molecule has 432 valence electrons. The first-order valence-electron chi connectivity index (χ1n) is 29.8. The van der Waals surface area contributed by atoms with Gasteiger partial charge >= 0.3 is 23.9 Å². The van der Waals surface area contributed by atoms with Crippen LogP contribution in [0.15, 0.2) is 0 Å². The summed E-state index contributed by atoms with van der Waals surface area (Å²) in [5, 5.41) is 0. The van der Waals surface area contributed by atoms with Crippen LogP contribution >= 0.6 is 47.0 Å². The van der Waals surface area contributed by atoms with Crippen molar-refractivity contribution in [3.8, 4) is 0 Å². The molecule has 9 nitrogen and oxygen atoms in total. The number of esters is 4. The summed E-state index contributed by atoms with van der Waals surface area (Å²) in [6.07, 6.45) is 30.9. The predicted octanol–water partition coefficient (Wildman–Crippen LogP) is 16.9. The Morgan fingerprint density at radius 3 is 0.726 bits per heavy atom. The highest BCUT2D eigenvalue weighted by Crippen LogP contribution is 2.31. The monoisotopic (exact) mass is 1110 g/mol. The Morgan fingerprint density at radius 2 is 0.521 bits per heavy atom. The second-order valence-corrected chi connectivity index (χ2v) is 26.2. The van der Waals surface area contributed by atoms with E-state index in [9.17, 15) is 19.2 Å². The molecule has 0 fully saturated rings. The average molecular weight is 1110 g/mol. The van der Waals surface area contributed by atoms with Gasteiger partial charge in [0.05, 0.1) is 47.7 Å². The number of carbonyl (C=O) groups excluding carboxylic acids is 4. The van der Waals surface area contributed by atoms with Crippen molar-refractivity contribution in [2.75, 3.05) is 85.7 Å². The van der Waals surface area contributed by atoms with E-state index in [0.29, 0.717) is 35.9 Å². The van der Waals surface area contributed by atoms with Gasteiger partial charge in [-0.05, 0) is 61.5 Å². The van der Waals surface area contributed by atoms with Crippen molar-refractivity contribution in [2.24, 2.45) is 34.5 Å². The van der Waals surface area contributed by atoms with E-state index in [-0.39, 0.29) is 87.2 Å². The number of unbranched alkanes of at least 4 members (excludes halogenated alkanes) is 20. The van der Waals surface area contributed by atoms with Gasteiger partial charge in [0.25, 0.3) is 0 Å². The van der Waals surface area contributed by atoms with E-state index in [2.05, 4.69) is 27.7 Å². The fraction of sp³-hybridized carbons (Fsp3) is 0.933. The van der Waals surface area contributed by atoms with E-state index >= 15 is 0 Å². The molecule has 4 unspecified atom stereocenters. The van der Waals surface area contributed by atoms with E-state index in [1.165, 1.54) is 128 Å². The first kappa shape index (κ1) is 72.2. The zero-order valence-electron chi connectivity index (χ0n) is 48.9. The first-order valence-corrected chi connectivity index (χ1v) is 34.5. The standard InChI is InChI=1S/C60H114O9S4/c1-11-17-21-25-29-33-37-70-41-51(7)55(61)66-47-59(15-5,48-67-56(62)52(8)42-71-38-34-30-26-22-18-12-2)45-65-46-60(16-6,49-68-57(63)53(9)43-72-39-35-31-27-23-19-13-3)50-69-58(64)54(10)44-73-40-36-32-28-24-20-14-4/h51-54H,11-50H2,1-10H3. The summed E-state index contributed by atoms with van der Waals surface area (Å²) in [6, 6.07) is 0. The summed E-state index contributed by atoms with van der Waals surface area (Å²) >= 11 is 7.22. The van der Waals surface area contributed by atoms with Gasteiger partial charge in [-0.1, -0.05) is 198 Å². The van der Waals surface area contributed by atoms with Gasteiger partial charge in [0.15, 0.2) is 0 Å². The van der Waals surface area contributed by atoms with Gasteiger partial charge in [0.2, 0.25) is 0 Å². The summed E-state index contributed by atoms with van der Waals surface area (Å²) < 4.78 is 31.0. The van der Waals surface area contributed by atoms with Crippen LogP contribution in [-0.4, -0.2) is 110 Å². The molecular formula is C60H114O9S4. The summed E-state index contributed by atoms with van der Waals surface area (Å²) in [4.78, 5) is 54.1. The van der Waals surface area contributed by atoms with Crippen LogP contribution in [0.25, 0.3) is 0 Å². The summed E-state index contributed by atoms with van der Waals surface area (Å²) in [6.45, 7) is 21.1. The first-order chi connectivity index (χ1) is 35.3. The van der Waals surface area contributed by atoms with Gasteiger partial charge in [-0.2, -0.15) is 47.0 Å². The molecule has 4 atom stereocenters. The maximum Gasteiger partial charge on any atom is 0.309 e. The topological polar surface area (TPSA) is 114 Å². The second-order valence-electron chi connectivity index (χ2n) is 21.6. The third-order valence-electron chi connectivity index (χ3n) is 14.0. The number of hydrogen-bond donors (Lipinski definition) is 0. The number of thioether (sulfide) groups is 4. The van der Waals surface area contributed by atoms with Crippen molar-refractivity contribution in [3.05, 3.63) is 0 Å². The highest BCUT2D eigenvalue weighted by molar-refractivity contribution is 7.99. The highest BCUT2D eigenvalue weighted by atomic mass is 32.2. The second kappa shape index (κ2) is 49.5. The third-order valence-corrected chi connectivity index (χ3v) is 19.3. The minimum atomic E-state index is -0.821. The van der Waals surface area contributed by atoms with Gasteiger partial charge in [0.1, 0.15) is 26.4 Å². The summed E-state index contributed by atoms with van der Waals surface area (Å²) in [5.74, 6) is 4.69.